The molecule has 2 rings (SSSR count). The predicted molar refractivity (Wildman–Crippen MR) is 79.8 cm³/mol. The van der Waals surface area contributed by atoms with Crippen LogP contribution in [0.15, 0.2) is 0 Å². The lowest BCUT2D eigenvalue weighted by molar-refractivity contribution is 0.158. The third-order valence-electron chi connectivity index (χ3n) is 3.74. The van der Waals surface area contributed by atoms with Gasteiger partial charge in [-0.15, -0.1) is 0 Å². The van der Waals surface area contributed by atoms with Gasteiger partial charge in [0.25, 0.3) is 0 Å². The fourth-order valence-corrected chi connectivity index (χ4v) is 2.56. The smallest absolute Gasteiger partial charge is 0.225 e. The number of piperidine rings is 1. The summed E-state index contributed by atoms with van der Waals surface area (Å²) in [5.74, 6) is 1.77. The molecule has 1 fully saturated rings. The van der Waals surface area contributed by atoms with Crippen molar-refractivity contribution in [2.24, 2.45) is 5.92 Å². The van der Waals surface area contributed by atoms with Crippen molar-refractivity contribution >= 4 is 11.9 Å². The summed E-state index contributed by atoms with van der Waals surface area (Å²) in [6, 6.07) is 0.434. The lowest BCUT2D eigenvalue weighted by Crippen LogP contribution is -2.39. The summed E-state index contributed by atoms with van der Waals surface area (Å²) in [5, 5.41) is 3.40. The molecule has 1 saturated heterocycles. The first kappa shape index (κ1) is 14.9. The van der Waals surface area contributed by atoms with Crippen molar-refractivity contribution in [3.63, 3.8) is 0 Å². The summed E-state index contributed by atoms with van der Waals surface area (Å²) in [6.07, 6.45) is 2.45. The monoisotopic (exact) mass is 279 g/mol. The van der Waals surface area contributed by atoms with Crippen LogP contribution in [0.25, 0.3) is 0 Å². The van der Waals surface area contributed by atoms with Gasteiger partial charge in [-0.2, -0.15) is 15.0 Å². The second-order valence-corrected chi connectivity index (χ2v) is 5.68. The molecule has 0 unspecified atom stereocenters. The Kier molecular flexibility index (Phi) is 5.08. The third-order valence-corrected chi connectivity index (χ3v) is 3.74. The van der Waals surface area contributed by atoms with Crippen LogP contribution in [0.3, 0.4) is 0 Å². The van der Waals surface area contributed by atoms with Gasteiger partial charge in [0.2, 0.25) is 11.9 Å². The Hall–Kier alpha value is -1.47. The van der Waals surface area contributed by atoms with Crippen molar-refractivity contribution < 1.29 is 0 Å². The molecule has 0 spiro atoms. The van der Waals surface area contributed by atoms with Crippen LogP contribution in [0.5, 0.6) is 0 Å². The van der Waals surface area contributed by atoms with Gasteiger partial charge in [-0.1, -0.05) is 0 Å². The van der Waals surface area contributed by atoms with Crippen LogP contribution in [0.4, 0.5) is 11.9 Å². The zero-order valence-corrected chi connectivity index (χ0v) is 12.3. The Morgan fingerprint density at radius 1 is 1.15 bits per heavy atom. The van der Waals surface area contributed by atoms with E-state index in [9.17, 15) is 0 Å². The summed E-state index contributed by atoms with van der Waals surface area (Å²) in [7, 11) is 0. The normalized spacial score (nSPS) is 17.0. The maximum Gasteiger partial charge on any atom is 0.225 e. The maximum absolute atomic E-state index is 5.63. The van der Waals surface area contributed by atoms with Gasteiger partial charge in [0.15, 0.2) is 0 Å². The minimum Gasteiger partial charge on any atom is -0.368 e. The third kappa shape index (κ3) is 4.28. The molecule has 0 radical (unpaired) electrons. The van der Waals surface area contributed by atoms with E-state index in [4.69, 9.17) is 11.5 Å². The summed E-state index contributed by atoms with van der Waals surface area (Å²) in [5.41, 5.74) is 11.3. The largest absolute Gasteiger partial charge is 0.368 e. The highest BCUT2D eigenvalue weighted by Gasteiger charge is 2.20. The van der Waals surface area contributed by atoms with Crippen molar-refractivity contribution in [3.8, 4) is 0 Å². The van der Waals surface area contributed by atoms with Gasteiger partial charge in [0.1, 0.15) is 5.82 Å². The van der Waals surface area contributed by atoms with Crippen molar-refractivity contribution in [1.82, 2.24) is 25.2 Å². The summed E-state index contributed by atoms with van der Waals surface area (Å²) in [4.78, 5) is 14.5. The molecule has 1 aliphatic rings. The molecule has 1 aromatic rings. The first-order chi connectivity index (χ1) is 9.54. The Balaban J connectivity index is 2.00. The second-order valence-electron chi connectivity index (χ2n) is 5.68. The number of rotatable bonds is 5. The van der Waals surface area contributed by atoms with E-state index in [0.717, 1.165) is 25.6 Å². The van der Waals surface area contributed by atoms with Gasteiger partial charge in [-0.25, -0.2) is 0 Å². The fraction of sp³-hybridized carbons (Fsp3) is 0.769. The van der Waals surface area contributed by atoms with Crippen molar-refractivity contribution in [1.29, 1.82) is 0 Å². The molecule has 0 aromatic carbocycles. The minimum atomic E-state index is 0.193. The standard InChI is InChI=1S/C13H25N7/c1-9(2)20(7-10-3-5-16-6-4-10)8-11-17-12(14)19-13(15)18-11/h9-10,16H,3-8H2,1-2H3,(H4,14,15,17,18,19). The molecule has 0 saturated carbocycles. The number of anilines is 2. The van der Waals surface area contributed by atoms with Gasteiger partial charge in [-0.3, -0.25) is 4.90 Å². The molecule has 1 aliphatic heterocycles. The van der Waals surface area contributed by atoms with E-state index in [2.05, 4.69) is 39.0 Å². The molecule has 0 atom stereocenters. The lowest BCUT2D eigenvalue weighted by atomic mass is 9.97. The van der Waals surface area contributed by atoms with Crippen LogP contribution in [0, 0.1) is 5.92 Å². The fourth-order valence-electron chi connectivity index (χ4n) is 2.56. The maximum atomic E-state index is 5.63. The van der Waals surface area contributed by atoms with Gasteiger partial charge < -0.3 is 16.8 Å². The van der Waals surface area contributed by atoms with Gasteiger partial charge in [0, 0.05) is 12.6 Å². The highest BCUT2D eigenvalue weighted by atomic mass is 15.2. The molecule has 1 aromatic heterocycles. The predicted octanol–water partition coefficient (Wildman–Crippen LogP) is 0.246. The van der Waals surface area contributed by atoms with Crippen molar-refractivity contribution in [3.05, 3.63) is 5.82 Å². The Morgan fingerprint density at radius 3 is 2.30 bits per heavy atom. The number of nitrogens with zero attached hydrogens (tertiary/aromatic N) is 4. The van der Waals surface area contributed by atoms with Crippen molar-refractivity contribution in [2.45, 2.75) is 39.3 Å². The molecule has 112 valence electrons. The minimum absolute atomic E-state index is 0.193. The molecule has 0 amide bonds. The lowest BCUT2D eigenvalue weighted by Gasteiger charge is -2.32. The van der Waals surface area contributed by atoms with E-state index in [1.54, 1.807) is 0 Å². The zero-order valence-electron chi connectivity index (χ0n) is 12.3. The van der Waals surface area contributed by atoms with Crippen LogP contribution >= 0.6 is 0 Å². The summed E-state index contributed by atoms with van der Waals surface area (Å²) < 4.78 is 0. The average molecular weight is 279 g/mol. The van der Waals surface area contributed by atoms with E-state index >= 15 is 0 Å². The Labute approximate surface area is 120 Å². The summed E-state index contributed by atoms with van der Waals surface area (Å²) in [6.45, 7) is 8.33. The van der Waals surface area contributed by atoms with E-state index < -0.39 is 0 Å². The molecule has 7 nitrogen and oxygen atoms in total. The molecular formula is C13H25N7. The quantitative estimate of drug-likeness (QED) is 0.709. The van der Waals surface area contributed by atoms with Gasteiger partial charge >= 0.3 is 0 Å². The highest BCUT2D eigenvalue weighted by Crippen LogP contribution is 2.16. The van der Waals surface area contributed by atoms with Crippen LogP contribution < -0.4 is 16.8 Å². The highest BCUT2D eigenvalue weighted by molar-refractivity contribution is 5.25. The zero-order chi connectivity index (χ0) is 14.5. The number of hydrogen-bond donors (Lipinski definition) is 3. The molecule has 0 aliphatic carbocycles. The van der Waals surface area contributed by atoms with E-state index in [1.807, 2.05) is 0 Å². The topological polar surface area (TPSA) is 106 Å². The molecule has 5 N–H and O–H groups in total. The number of hydrogen-bond acceptors (Lipinski definition) is 7. The first-order valence-corrected chi connectivity index (χ1v) is 7.25. The van der Waals surface area contributed by atoms with Gasteiger partial charge in [0.05, 0.1) is 6.54 Å². The SMILES string of the molecule is CC(C)N(Cc1nc(N)nc(N)n1)CC1CCNCC1. The molecule has 7 heteroatoms. The molecular weight excluding hydrogens is 254 g/mol. The van der Waals surface area contributed by atoms with Crippen LogP contribution in [0.2, 0.25) is 0 Å². The molecule has 2 heterocycles. The number of nitrogens with one attached hydrogen (secondary N) is 1. The average Bonchev–Trinajstić information content (AvgIpc) is 2.38. The number of nitrogen functional groups attached to an aromatic ring is 2. The Morgan fingerprint density at radius 2 is 1.75 bits per heavy atom. The van der Waals surface area contributed by atoms with Crippen LogP contribution in [0.1, 0.15) is 32.5 Å². The van der Waals surface area contributed by atoms with E-state index in [0.29, 0.717) is 18.4 Å². The van der Waals surface area contributed by atoms with E-state index in [1.165, 1.54) is 12.8 Å². The van der Waals surface area contributed by atoms with Gasteiger partial charge in [-0.05, 0) is 45.7 Å². The van der Waals surface area contributed by atoms with Crippen LogP contribution in [-0.2, 0) is 6.54 Å². The molecule has 0 bridgehead atoms. The molecule has 20 heavy (non-hydrogen) atoms. The number of nitrogens with two attached hydrogens (primary N) is 2. The summed E-state index contributed by atoms with van der Waals surface area (Å²) >= 11 is 0. The first-order valence-electron chi connectivity index (χ1n) is 7.25. The Bertz CT molecular complexity index is 408. The number of aromatic nitrogens is 3. The second kappa shape index (κ2) is 6.81. The van der Waals surface area contributed by atoms with E-state index in [-0.39, 0.29) is 11.9 Å². The van der Waals surface area contributed by atoms with Crippen LogP contribution in [-0.4, -0.2) is 45.5 Å². The van der Waals surface area contributed by atoms with Crippen molar-refractivity contribution in [2.75, 3.05) is 31.1 Å².